The van der Waals surface area contributed by atoms with Gasteiger partial charge in [-0.25, -0.2) is 4.79 Å². The molecule has 0 bridgehead atoms. The lowest BCUT2D eigenvalue weighted by atomic mass is 9.85. The quantitative estimate of drug-likeness (QED) is 0.571. The van der Waals surface area contributed by atoms with Crippen LogP contribution in [-0.2, 0) is 9.53 Å². The zero-order valence-corrected chi connectivity index (χ0v) is 10.3. The number of halogens is 3. The van der Waals surface area contributed by atoms with Crippen molar-refractivity contribution in [2.45, 2.75) is 38.8 Å². The van der Waals surface area contributed by atoms with Crippen LogP contribution in [0.15, 0.2) is 23.8 Å². The van der Waals surface area contributed by atoms with E-state index in [4.69, 9.17) is 0 Å². The molecule has 1 rings (SSSR count). The van der Waals surface area contributed by atoms with Gasteiger partial charge in [0.05, 0.1) is 12.5 Å². The Bertz CT molecular complexity index is 343. The highest BCUT2D eigenvalue weighted by Crippen LogP contribution is 2.39. The highest BCUT2D eigenvalue weighted by Gasteiger charge is 2.40. The standard InChI is InChI=1S/C13H17F3O2/c1-2-18-12(17)8-4-6-10-5-3-7-11(9-10)13(14,15)16/h4,6,8,11H,2-3,5,7,9H2,1H3. The summed E-state index contributed by atoms with van der Waals surface area (Å²) in [5, 5.41) is 0. The minimum atomic E-state index is -4.12. The van der Waals surface area contributed by atoms with Gasteiger partial charge in [-0.05, 0) is 32.6 Å². The van der Waals surface area contributed by atoms with Crippen LogP contribution in [0.1, 0.15) is 32.6 Å². The SMILES string of the molecule is CCOC(=O)C=CC=C1CCCC(C(F)(F)F)C1. The number of rotatable bonds is 3. The number of carbonyl (C=O) groups excluding carboxylic acids is 1. The third-order valence-electron chi connectivity index (χ3n) is 2.87. The topological polar surface area (TPSA) is 26.3 Å². The first-order valence-corrected chi connectivity index (χ1v) is 6.03. The van der Waals surface area contributed by atoms with Crippen molar-refractivity contribution in [1.82, 2.24) is 0 Å². The number of hydrogen-bond donors (Lipinski definition) is 0. The Labute approximate surface area is 105 Å². The maximum Gasteiger partial charge on any atom is 0.392 e. The van der Waals surface area contributed by atoms with E-state index in [0.717, 1.165) is 5.57 Å². The summed E-state index contributed by atoms with van der Waals surface area (Å²) in [4.78, 5) is 11.0. The van der Waals surface area contributed by atoms with Crippen LogP contribution in [0.3, 0.4) is 0 Å². The predicted molar refractivity (Wildman–Crippen MR) is 61.9 cm³/mol. The molecule has 1 unspecified atom stereocenters. The second-order valence-electron chi connectivity index (χ2n) is 4.27. The fourth-order valence-corrected chi connectivity index (χ4v) is 1.98. The van der Waals surface area contributed by atoms with Gasteiger partial charge in [-0.15, -0.1) is 0 Å². The molecular weight excluding hydrogens is 245 g/mol. The van der Waals surface area contributed by atoms with Crippen molar-refractivity contribution in [3.05, 3.63) is 23.8 Å². The normalized spacial score (nSPS) is 23.6. The van der Waals surface area contributed by atoms with Crippen LogP contribution in [0.4, 0.5) is 13.2 Å². The molecule has 5 heteroatoms. The van der Waals surface area contributed by atoms with Crippen LogP contribution in [0, 0.1) is 5.92 Å². The molecule has 0 spiro atoms. The molecule has 1 aliphatic carbocycles. The summed E-state index contributed by atoms with van der Waals surface area (Å²) in [6.45, 7) is 1.98. The van der Waals surface area contributed by atoms with Crippen molar-refractivity contribution in [2.24, 2.45) is 5.92 Å². The molecule has 2 nitrogen and oxygen atoms in total. The van der Waals surface area contributed by atoms with Gasteiger partial charge in [-0.3, -0.25) is 0 Å². The van der Waals surface area contributed by atoms with Gasteiger partial charge in [0.2, 0.25) is 0 Å². The Morgan fingerprint density at radius 2 is 2.22 bits per heavy atom. The van der Waals surface area contributed by atoms with Crippen molar-refractivity contribution in [1.29, 1.82) is 0 Å². The van der Waals surface area contributed by atoms with E-state index in [1.807, 2.05) is 0 Å². The summed E-state index contributed by atoms with van der Waals surface area (Å²) < 4.78 is 42.3. The zero-order chi connectivity index (χ0) is 13.6. The summed E-state index contributed by atoms with van der Waals surface area (Å²) in [7, 11) is 0. The van der Waals surface area contributed by atoms with Gasteiger partial charge in [0.1, 0.15) is 0 Å². The van der Waals surface area contributed by atoms with E-state index >= 15 is 0 Å². The molecule has 1 atom stereocenters. The highest BCUT2D eigenvalue weighted by molar-refractivity contribution is 5.82. The molecule has 0 saturated heterocycles. The molecule has 0 aromatic heterocycles. The van der Waals surface area contributed by atoms with Gasteiger partial charge in [0.25, 0.3) is 0 Å². The molecule has 0 aromatic carbocycles. The number of ether oxygens (including phenoxy) is 1. The first kappa shape index (κ1) is 14.8. The van der Waals surface area contributed by atoms with Gasteiger partial charge in [0.15, 0.2) is 0 Å². The zero-order valence-electron chi connectivity index (χ0n) is 10.3. The summed E-state index contributed by atoms with van der Waals surface area (Å²) in [6, 6.07) is 0. The number of allylic oxidation sites excluding steroid dienone is 3. The lowest BCUT2D eigenvalue weighted by molar-refractivity contribution is -0.178. The van der Waals surface area contributed by atoms with Gasteiger partial charge >= 0.3 is 12.1 Å². The fraction of sp³-hybridized carbons (Fsp3) is 0.615. The minimum Gasteiger partial charge on any atom is -0.463 e. The van der Waals surface area contributed by atoms with Crippen molar-refractivity contribution < 1.29 is 22.7 Å². The summed E-state index contributed by atoms with van der Waals surface area (Å²) in [5.74, 6) is -1.72. The average Bonchev–Trinajstić information content (AvgIpc) is 2.29. The molecule has 0 heterocycles. The van der Waals surface area contributed by atoms with Gasteiger partial charge in [0, 0.05) is 6.08 Å². The molecule has 1 aliphatic rings. The van der Waals surface area contributed by atoms with Crippen molar-refractivity contribution in [3.63, 3.8) is 0 Å². The van der Waals surface area contributed by atoms with E-state index in [2.05, 4.69) is 4.74 Å². The molecule has 0 radical (unpaired) electrons. The molecular formula is C13H17F3O2. The summed E-state index contributed by atoms with van der Waals surface area (Å²) in [5.41, 5.74) is 0.740. The van der Waals surface area contributed by atoms with Crippen LogP contribution in [-0.4, -0.2) is 18.8 Å². The Morgan fingerprint density at radius 1 is 1.50 bits per heavy atom. The lowest BCUT2D eigenvalue weighted by Crippen LogP contribution is -2.25. The average molecular weight is 262 g/mol. The fourth-order valence-electron chi connectivity index (χ4n) is 1.98. The van der Waals surface area contributed by atoms with E-state index in [0.29, 0.717) is 12.8 Å². The smallest absolute Gasteiger partial charge is 0.392 e. The maximum atomic E-state index is 12.5. The Morgan fingerprint density at radius 3 is 2.83 bits per heavy atom. The summed E-state index contributed by atoms with van der Waals surface area (Å²) >= 11 is 0. The van der Waals surface area contributed by atoms with E-state index in [1.165, 1.54) is 12.2 Å². The molecule has 0 aromatic rings. The highest BCUT2D eigenvalue weighted by atomic mass is 19.4. The van der Waals surface area contributed by atoms with Gasteiger partial charge < -0.3 is 4.74 Å². The number of carbonyl (C=O) groups is 1. The lowest BCUT2D eigenvalue weighted by Gasteiger charge is -2.26. The minimum absolute atomic E-state index is 0.0384. The molecule has 1 saturated carbocycles. The number of esters is 1. The molecule has 0 amide bonds. The number of alkyl halides is 3. The van der Waals surface area contributed by atoms with Gasteiger partial charge in [-0.1, -0.05) is 17.7 Å². The molecule has 18 heavy (non-hydrogen) atoms. The first-order chi connectivity index (χ1) is 8.43. The third-order valence-corrected chi connectivity index (χ3v) is 2.87. The van der Waals surface area contributed by atoms with Crippen LogP contribution < -0.4 is 0 Å². The van der Waals surface area contributed by atoms with E-state index in [1.54, 1.807) is 13.0 Å². The van der Waals surface area contributed by atoms with Crippen molar-refractivity contribution in [3.8, 4) is 0 Å². The van der Waals surface area contributed by atoms with Gasteiger partial charge in [-0.2, -0.15) is 13.2 Å². The van der Waals surface area contributed by atoms with E-state index in [9.17, 15) is 18.0 Å². The van der Waals surface area contributed by atoms with Crippen LogP contribution >= 0.6 is 0 Å². The largest absolute Gasteiger partial charge is 0.463 e. The van der Waals surface area contributed by atoms with Crippen LogP contribution in [0.2, 0.25) is 0 Å². The first-order valence-electron chi connectivity index (χ1n) is 6.03. The Balaban J connectivity index is 2.53. The third kappa shape index (κ3) is 4.94. The molecule has 102 valence electrons. The van der Waals surface area contributed by atoms with Crippen LogP contribution in [0.25, 0.3) is 0 Å². The molecule has 1 fully saturated rings. The van der Waals surface area contributed by atoms with Crippen molar-refractivity contribution >= 4 is 5.97 Å². The monoisotopic (exact) mass is 262 g/mol. The summed E-state index contributed by atoms with van der Waals surface area (Å²) in [6.07, 6.45) is 1.61. The Hall–Kier alpha value is -1.26. The predicted octanol–water partition coefficient (Wildman–Crippen LogP) is 3.78. The Kier molecular flexibility index (Phi) is 5.44. The second kappa shape index (κ2) is 6.61. The molecule has 0 N–H and O–H groups in total. The van der Waals surface area contributed by atoms with Crippen LogP contribution in [0.5, 0.6) is 0 Å². The second-order valence-corrected chi connectivity index (χ2v) is 4.27. The van der Waals surface area contributed by atoms with E-state index in [-0.39, 0.29) is 19.4 Å². The molecule has 0 aliphatic heterocycles. The van der Waals surface area contributed by atoms with Crippen molar-refractivity contribution in [2.75, 3.05) is 6.61 Å². The maximum absolute atomic E-state index is 12.5. The van der Waals surface area contributed by atoms with E-state index < -0.39 is 18.1 Å². The number of hydrogen-bond acceptors (Lipinski definition) is 2.